The highest BCUT2D eigenvalue weighted by Crippen LogP contribution is 2.40. The Labute approximate surface area is 250 Å². The predicted molar refractivity (Wildman–Crippen MR) is 155 cm³/mol. The third-order valence-electron chi connectivity index (χ3n) is 9.86. The topological polar surface area (TPSA) is 88.5 Å². The number of alkyl halides is 3. The first-order chi connectivity index (χ1) is 20.7. The molecule has 1 aromatic carbocycles. The van der Waals surface area contributed by atoms with Gasteiger partial charge in [0.2, 0.25) is 5.91 Å². The van der Waals surface area contributed by atoms with E-state index in [1.54, 1.807) is 10.7 Å². The number of amides is 2. The molecule has 4 aliphatic rings. The Bertz CT molecular complexity index is 1300. The van der Waals surface area contributed by atoms with Crippen LogP contribution in [0.2, 0.25) is 0 Å². The fraction of sp³-hybridized carbons (Fsp3) is 0.656. The monoisotopic (exact) mass is 601 g/mol. The van der Waals surface area contributed by atoms with Crippen LogP contribution in [0.4, 0.5) is 13.2 Å². The van der Waals surface area contributed by atoms with E-state index in [1.807, 2.05) is 0 Å². The van der Waals surface area contributed by atoms with Gasteiger partial charge in [-0.25, -0.2) is 0 Å². The molecule has 2 saturated heterocycles. The molecule has 4 fully saturated rings. The van der Waals surface area contributed by atoms with Gasteiger partial charge < -0.3 is 15.4 Å². The molecular weight excluding hydrogens is 559 g/mol. The van der Waals surface area contributed by atoms with Crippen molar-refractivity contribution < 1.29 is 27.5 Å². The van der Waals surface area contributed by atoms with Gasteiger partial charge in [-0.05, 0) is 70.0 Å². The molecule has 43 heavy (non-hydrogen) atoms. The van der Waals surface area contributed by atoms with Gasteiger partial charge in [0, 0.05) is 30.6 Å². The number of nitrogens with zero attached hydrogens (tertiary/aromatic N) is 3. The molecule has 0 unspecified atom stereocenters. The zero-order valence-corrected chi connectivity index (χ0v) is 24.6. The Kier molecular flexibility index (Phi) is 8.82. The Balaban J connectivity index is 1.23. The summed E-state index contributed by atoms with van der Waals surface area (Å²) >= 11 is 0. The van der Waals surface area contributed by atoms with Crippen LogP contribution < -0.4 is 10.6 Å². The molecule has 0 radical (unpaired) electrons. The van der Waals surface area contributed by atoms with Crippen molar-refractivity contribution >= 4 is 11.8 Å². The number of aromatic nitrogens is 2. The first kappa shape index (κ1) is 30.1. The van der Waals surface area contributed by atoms with Gasteiger partial charge in [-0.1, -0.05) is 37.5 Å². The summed E-state index contributed by atoms with van der Waals surface area (Å²) in [5, 5.41) is 10.7. The number of ether oxygens (including phenoxy) is 1. The molecular formula is C32H42F3N5O3. The number of benzene rings is 1. The van der Waals surface area contributed by atoms with Gasteiger partial charge in [0.25, 0.3) is 5.91 Å². The van der Waals surface area contributed by atoms with Crippen LogP contribution in [0.1, 0.15) is 99.1 Å². The van der Waals surface area contributed by atoms with Crippen LogP contribution >= 0.6 is 0 Å². The number of hydrogen-bond donors (Lipinski definition) is 2. The average Bonchev–Trinajstić information content (AvgIpc) is 3.63. The Morgan fingerprint density at radius 3 is 2.49 bits per heavy atom. The first-order valence-electron chi connectivity index (χ1n) is 15.9. The highest BCUT2D eigenvalue weighted by atomic mass is 19.4. The summed E-state index contributed by atoms with van der Waals surface area (Å²) in [4.78, 5) is 29.1. The summed E-state index contributed by atoms with van der Waals surface area (Å²) in [6.45, 7) is 3.12. The third-order valence-corrected chi connectivity index (χ3v) is 9.86. The fourth-order valence-electron chi connectivity index (χ4n) is 7.11. The van der Waals surface area contributed by atoms with Gasteiger partial charge >= 0.3 is 6.18 Å². The second kappa shape index (κ2) is 12.6. The standard InChI is InChI=1S/C32H42F3N5O3/c33-32(34,35)26-13-4-3-12-25(26)28-19-27(38-40(28)24-10-1-2-11-24)30(42)37-23(18-29(41)36-22-8-7-9-22)14-17-39-16-6-5-15-31(39)20-43-21-31/h3-4,12-13,19,22-24H,1-2,5-11,14-18,20-21H2,(H,36,41)(H,37,42)/t23-/m0/s1. The number of carbonyl (C=O) groups is 2. The summed E-state index contributed by atoms with van der Waals surface area (Å²) in [5.74, 6) is -0.559. The molecule has 1 aromatic heterocycles. The lowest BCUT2D eigenvalue weighted by atomic mass is 9.84. The van der Waals surface area contributed by atoms with Crippen LogP contribution in [-0.2, 0) is 15.7 Å². The quantitative estimate of drug-likeness (QED) is 0.376. The van der Waals surface area contributed by atoms with Crippen LogP contribution in [0.25, 0.3) is 11.3 Å². The number of nitrogens with one attached hydrogen (secondary N) is 2. The van der Waals surface area contributed by atoms with Crippen molar-refractivity contribution in [3.8, 4) is 11.3 Å². The summed E-state index contributed by atoms with van der Waals surface area (Å²) in [5.41, 5.74) is -0.304. The Morgan fingerprint density at radius 2 is 1.81 bits per heavy atom. The van der Waals surface area contributed by atoms with E-state index in [4.69, 9.17) is 4.74 Å². The molecule has 3 heterocycles. The van der Waals surface area contributed by atoms with Crippen molar-refractivity contribution in [3.63, 3.8) is 0 Å². The molecule has 2 saturated carbocycles. The second-order valence-corrected chi connectivity index (χ2v) is 12.9. The molecule has 6 rings (SSSR count). The molecule has 8 nitrogen and oxygen atoms in total. The van der Waals surface area contributed by atoms with Crippen LogP contribution in [0, 0.1) is 0 Å². The van der Waals surface area contributed by atoms with Crippen molar-refractivity contribution in [2.45, 2.75) is 107 Å². The van der Waals surface area contributed by atoms with Gasteiger partial charge in [0.1, 0.15) is 0 Å². The van der Waals surface area contributed by atoms with E-state index in [0.29, 0.717) is 25.3 Å². The van der Waals surface area contributed by atoms with E-state index in [0.717, 1.165) is 76.9 Å². The molecule has 2 aliphatic heterocycles. The summed E-state index contributed by atoms with van der Waals surface area (Å²) in [6.07, 6.45) is 6.15. The average molecular weight is 602 g/mol. The van der Waals surface area contributed by atoms with E-state index in [-0.39, 0.29) is 41.2 Å². The maximum absolute atomic E-state index is 14.0. The maximum atomic E-state index is 14.0. The zero-order chi connectivity index (χ0) is 30.0. The first-order valence-corrected chi connectivity index (χ1v) is 15.9. The van der Waals surface area contributed by atoms with Crippen LogP contribution in [0.3, 0.4) is 0 Å². The smallest absolute Gasteiger partial charge is 0.377 e. The highest BCUT2D eigenvalue weighted by Gasteiger charge is 2.45. The summed E-state index contributed by atoms with van der Waals surface area (Å²) < 4.78 is 49.1. The molecule has 1 spiro atoms. The zero-order valence-electron chi connectivity index (χ0n) is 24.6. The summed E-state index contributed by atoms with van der Waals surface area (Å²) in [7, 11) is 0. The van der Waals surface area contributed by atoms with Gasteiger partial charge in [-0.15, -0.1) is 0 Å². The van der Waals surface area contributed by atoms with E-state index in [1.165, 1.54) is 24.6 Å². The predicted octanol–water partition coefficient (Wildman–Crippen LogP) is 5.49. The van der Waals surface area contributed by atoms with Gasteiger partial charge in [0.15, 0.2) is 5.69 Å². The van der Waals surface area contributed by atoms with E-state index in [2.05, 4.69) is 20.6 Å². The highest BCUT2D eigenvalue weighted by molar-refractivity contribution is 5.94. The largest absolute Gasteiger partial charge is 0.417 e. The van der Waals surface area contributed by atoms with Crippen LogP contribution in [0.5, 0.6) is 0 Å². The minimum atomic E-state index is -4.54. The second-order valence-electron chi connectivity index (χ2n) is 12.9. The number of likely N-dealkylation sites (tertiary alicyclic amines) is 1. The summed E-state index contributed by atoms with van der Waals surface area (Å²) in [6, 6.07) is 6.63. The molecule has 234 valence electrons. The molecule has 2 aliphatic carbocycles. The van der Waals surface area contributed by atoms with Crippen LogP contribution in [-0.4, -0.2) is 70.4 Å². The fourth-order valence-corrected chi connectivity index (χ4v) is 7.11. The molecule has 2 aromatic rings. The van der Waals surface area contributed by atoms with Crippen molar-refractivity contribution in [2.75, 3.05) is 26.3 Å². The molecule has 2 amide bonds. The van der Waals surface area contributed by atoms with E-state index < -0.39 is 23.7 Å². The maximum Gasteiger partial charge on any atom is 0.417 e. The van der Waals surface area contributed by atoms with Gasteiger partial charge in [0.05, 0.1) is 36.1 Å². The van der Waals surface area contributed by atoms with Crippen molar-refractivity contribution in [1.29, 1.82) is 0 Å². The van der Waals surface area contributed by atoms with Gasteiger partial charge in [-0.3, -0.25) is 19.2 Å². The Morgan fingerprint density at radius 1 is 1.05 bits per heavy atom. The van der Waals surface area contributed by atoms with E-state index in [9.17, 15) is 22.8 Å². The SMILES string of the molecule is O=C(C[C@H](CCN1CCCCC12COC2)NC(=O)c1cc(-c2ccccc2C(F)(F)F)n(C2CCCC2)n1)NC1CCC1. The van der Waals surface area contributed by atoms with Crippen molar-refractivity contribution in [1.82, 2.24) is 25.3 Å². The molecule has 1 atom stereocenters. The normalized spacial score (nSPS) is 21.7. The lowest BCUT2D eigenvalue weighted by Gasteiger charge is -2.52. The third kappa shape index (κ3) is 6.62. The number of piperidine rings is 1. The van der Waals surface area contributed by atoms with Crippen LogP contribution in [0.15, 0.2) is 30.3 Å². The lowest BCUT2D eigenvalue weighted by molar-refractivity contribution is -0.156. The lowest BCUT2D eigenvalue weighted by Crippen LogP contribution is -2.64. The number of carbonyl (C=O) groups excluding carboxylic acids is 2. The minimum Gasteiger partial charge on any atom is -0.377 e. The number of rotatable bonds is 10. The number of halogens is 3. The van der Waals surface area contributed by atoms with E-state index >= 15 is 0 Å². The van der Waals surface area contributed by atoms with Crippen molar-refractivity contribution in [2.24, 2.45) is 0 Å². The minimum absolute atomic E-state index is 0.0167. The van der Waals surface area contributed by atoms with Gasteiger partial charge in [-0.2, -0.15) is 18.3 Å². The molecule has 0 bridgehead atoms. The van der Waals surface area contributed by atoms with Crippen molar-refractivity contribution in [3.05, 3.63) is 41.6 Å². The molecule has 11 heteroatoms. The molecule has 2 N–H and O–H groups in total. The Hall–Kier alpha value is -2.92. The number of hydrogen-bond acceptors (Lipinski definition) is 5.